The molecule has 2 aliphatic rings. The maximum Gasteiger partial charge on any atom is 1.00 e. The first-order chi connectivity index (χ1) is 54.1. The van der Waals surface area contributed by atoms with E-state index >= 15 is 0 Å². The third-order valence-electron chi connectivity index (χ3n) is 19.1. The normalized spacial score (nSPS) is 12.4. The molecule has 2 aliphatic carbocycles. The molecule has 0 spiro atoms. The molecule has 0 fully saturated rings. The summed E-state index contributed by atoms with van der Waals surface area (Å²) in [6, 6.07) is 48.0. The van der Waals surface area contributed by atoms with Crippen molar-refractivity contribution in [2.24, 2.45) is 0 Å². The number of aliphatic hydroxyl groups excluding tert-OH is 2. The monoisotopic (exact) mass is 1810 g/mol. The van der Waals surface area contributed by atoms with Crippen molar-refractivity contribution in [1.82, 2.24) is 0 Å². The van der Waals surface area contributed by atoms with E-state index in [1.54, 1.807) is 40.2 Å². The van der Waals surface area contributed by atoms with Crippen molar-refractivity contribution >= 4 is 24.0 Å². The molecule has 0 aromatic heterocycles. The molecule has 0 radical (unpaired) electrons. The number of aliphatic hydroxyl groups is 2. The summed E-state index contributed by atoms with van der Waals surface area (Å²) in [5.74, 6) is -1.41. The molecule has 3 N–H and O–H groups in total. The fourth-order valence-corrected chi connectivity index (χ4v) is 14.0. The zero-order chi connectivity index (χ0) is 79.0. The summed E-state index contributed by atoms with van der Waals surface area (Å²) in [5.41, 5.74) is 16.2. The van der Waals surface area contributed by atoms with Crippen molar-refractivity contribution in [2.45, 2.75) is 65.6 Å². The predicted molar refractivity (Wildman–Crippen MR) is 418 cm³/mol. The molecule has 0 bridgehead atoms. The number of carbonyl (C=O) groups is 3. The second-order valence-corrected chi connectivity index (χ2v) is 26.7. The summed E-state index contributed by atoms with van der Waals surface area (Å²) < 4.78 is 83.1. The van der Waals surface area contributed by atoms with Crippen LogP contribution in [0, 0.1) is 27.7 Å². The molecule has 8 aromatic carbocycles. The van der Waals surface area contributed by atoms with Gasteiger partial charge in [0, 0.05) is 32.0 Å². The molecule has 0 amide bonds. The second kappa shape index (κ2) is 51.6. The Balaban J connectivity index is 0.000000346. The topological polar surface area (TPSA) is 300 Å². The minimum atomic E-state index is -1.38. The summed E-state index contributed by atoms with van der Waals surface area (Å²) in [6.07, 6.45) is 2.12. The number of rotatable bonds is 49. The zero-order valence-corrected chi connectivity index (χ0v) is 80.0. The van der Waals surface area contributed by atoms with Gasteiger partial charge in [-0.15, -0.1) is 17.2 Å². The number of aryl methyl sites for hydroxylation is 4. The van der Waals surface area contributed by atoms with E-state index in [1.165, 1.54) is 0 Å². The van der Waals surface area contributed by atoms with E-state index in [9.17, 15) is 24.3 Å². The number of aromatic carboxylic acids is 1. The van der Waals surface area contributed by atoms with Gasteiger partial charge in [0.1, 0.15) is 30.3 Å². The van der Waals surface area contributed by atoms with E-state index in [0.717, 1.165) is 89.0 Å². The van der Waals surface area contributed by atoms with Gasteiger partial charge < -0.3 is 101 Å². The maximum absolute atomic E-state index is 13.7. The van der Waals surface area contributed by atoms with Crippen LogP contribution in [0.1, 0.15) is 128 Å². The van der Waals surface area contributed by atoms with E-state index in [-0.39, 0.29) is 226 Å². The predicted octanol–water partition coefficient (Wildman–Crippen LogP) is 4.57. The molecule has 8 aromatic rings. The van der Waals surface area contributed by atoms with E-state index < -0.39 is 22.8 Å². The molecule has 23 nitrogen and oxygen atoms in total. The smallest absolute Gasteiger partial charge is 0.870 e. The number of hydrogen-bond donors (Lipinski definition) is 2. The Morgan fingerprint density at radius 3 is 1.06 bits per heavy atom. The van der Waals surface area contributed by atoms with Crippen molar-refractivity contribution in [3.8, 4) is 33.8 Å². The van der Waals surface area contributed by atoms with Gasteiger partial charge in [0.15, 0.2) is 5.78 Å². The Labute approximate surface area is 787 Å². The van der Waals surface area contributed by atoms with Gasteiger partial charge in [-0.3, -0.25) is 4.79 Å². The molecule has 0 atom stereocenters. The van der Waals surface area contributed by atoms with E-state index in [4.69, 9.17) is 81.3 Å². The number of Topliss-reactive ketones (excluding diaryl/α,β-unsaturated/α-hetero) is 1. The molecular weight excluding hydrogens is 1700 g/mol. The van der Waals surface area contributed by atoms with Gasteiger partial charge in [0.05, 0.1) is 182 Å². The maximum atomic E-state index is 13.7. The number of carbonyl (C=O) groups excluding carboxylic acids is 4. The van der Waals surface area contributed by atoms with Crippen LogP contribution >= 0.6 is 0 Å². The minimum Gasteiger partial charge on any atom is -0.870 e. The number of hydrogen-bond acceptors (Lipinski definition) is 23. The molecular formula is C89H105Cs2O23-. The number of fused-ring (bicyclic) bond motifs is 6. The van der Waals surface area contributed by atoms with Crippen molar-refractivity contribution < 1.29 is 249 Å². The molecule has 114 heavy (non-hydrogen) atoms. The van der Waals surface area contributed by atoms with Crippen molar-refractivity contribution in [3.05, 3.63) is 246 Å². The average Bonchev–Trinajstić information content (AvgIpc) is 1.53. The van der Waals surface area contributed by atoms with Gasteiger partial charge in [-0.2, -0.15) is 6.07 Å². The van der Waals surface area contributed by atoms with Gasteiger partial charge in [-0.1, -0.05) is 131 Å². The minimum absolute atomic E-state index is 0. The molecule has 0 aliphatic heterocycles. The molecule has 0 unspecified atom stereocenters. The van der Waals surface area contributed by atoms with Gasteiger partial charge in [-0.25, -0.2) is 4.79 Å². The van der Waals surface area contributed by atoms with Crippen LogP contribution in [-0.4, -0.2) is 219 Å². The quantitative estimate of drug-likeness (QED) is 0.0228. The number of carboxylic acids is 1. The van der Waals surface area contributed by atoms with Crippen LogP contribution in [0.3, 0.4) is 0 Å². The fraction of sp³-hybridized carbons (Fsp3) is 0.416. The summed E-state index contributed by atoms with van der Waals surface area (Å²) >= 11 is 0. The first kappa shape index (κ1) is 98.0. The van der Waals surface area contributed by atoms with Crippen molar-refractivity contribution in [2.75, 3.05) is 179 Å². The van der Waals surface area contributed by atoms with E-state index in [0.29, 0.717) is 146 Å². The average molecular weight is 1810 g/mol. The Kier molecular flexibility index (Phi) is 44.3. The number of ether oxygens (including phenoxy) is 15. The van der Waals surface area contributed by atoms with Crippen LogP contribution in [-0.2, 0) is 90.4 Å². The fourth-order valence-electron chi connectivity index (χ4n) is 14.0. The molecule has 0 saturated carbocycles. The van der Waals surface area contributed by atoms with Crippen molar-refractivity contribution in [1.29, 1.82) is 0 Å². The molecule has 10 rings (SSSR count). The summed E-state index contributed by atoms with van der Waals surface area (Å²) in [5, 5.41) is 30.4. The van der Waals surface area contributed by atoms with Gasteiger partial charge in [-0.05, 0) is 139 Å². The van der Waals surface area contributed by atoms with Crippen LogP contribution in [0.25, 0.3) is 22.3 Å². The van der Waals surface area contributed by atoms with Crippen LogP contribution in [0.4, 0.5) is 0 Å². The third-order valence-corrected chi connectivity index (χ3v) is 19.1. The number of ketones is 1. The number of benzene rings is 8. The zero-order valence-electron chi connectivity index (χ0n) is 67.5. The summed E-state index contributed by atoms with van der Waals surface area (Å²) in [7, 11) is 3.23. The Morgan fingerprint density at radius 1 is 0.386 bits per heavy atom. The van der Waals surface area contributed by atoms with E-state index in [1.807, 2.05) is 68.4 Å². The molecule has 0 heterocycles. The van der Waals surface area contributed by atoms with Crippen LogP contribution in [0.5, 0.6) is 11.5 Å². The Morgan fingerprint density at radius 2 is 0.702 bits per heavy atom. The van der Waals surface area contributed by atoms with Crippen LogP contribution in [0.15, 0.2) is 146 Å². The van der Waals surface area contributed by atoms with Gasteiger partial charge >= 0.3 is 144 Å². The van der Waals surface area contributed by atoms with Crippen molar-refractivity contribution in [3.63, 3.8) is 0 Å². The van der Waals surface area contributed by atoms with Crippen LogP contribution < -0.4 is 152 Å². The number of carboxylic acid groups (broad SMARTS) is 1. The number of esters is 1. The number of methoxy groups -OCH3 is 2. The largest absolute Gasteiger partial charge is 1.00 e. The first-order valence-corrected chi connectivity index (χ1v) is 37.6. The van der Waals surface area contributed by atoms with E-state index in [2.05, 4.69) is 99.0 Å². The third kappa shape index (κ3) is 25.8. The second-order valence-electron chi connectivity index (χ2n) is 26.7. The Hall–Kier alpha value is -4.86. The Bertz CT molecular complexity index is 4250. The summed E-state index contributed by atoms with van der Waals surface area (Å²) in [6.45, 7) is 20.0. The van der Waals surface area contributed by atoms with Gasteiger partial charge in [0.25, 0.3) is 0 Å². The van der Waals surface area contributed by atoms with Crippen LogP contribution in [0.2, 0.25) is 0 Å². The first-order valence-electron chi connectivity index (χ1n) is 37.6. The summed E-state index contributed by atoms with van der Waals surface area (Å²) in [4.78, 5) is 52.4. The SMILES string of the molecule is CCOC(=O)c1cc(C2(c3ccc(COCCOCCOCCO)c(C(C)=O)c3)c3cc(C)ccc3-c3ccc(C)cc32)ccc1OCCOCCOCCOC.COCCOCCOCCOc1ccc(C2(c3ccc(COCCOCCOCCO)c([C-]=O)c3)c3cc(C)ccc3-c3ccc(C)cc32)cc1C(=O)[O-].[Cs+].[Cs+].[OH-]. The molecule has 25 heteroatoms. The standard InChI is InChI=1S/C46H56O11.C43H49O11.2Cs.H2O/c1-6-56-45(49)41-30-37(11-14-44(41)57-26-25-54-22-21-52-18-17-50-5)46(42-27-32(2)7-12-38(42)39-13-8-33(3)28-43(39)46)36-10-9-35(40(29-36)34(4)48)31-55-24-23-53-20-19-51-16-15-47;1-30-4-9-36-37-10-5-31(2)25-40(37)43(39(36)24-30,34-7-6-32(33(26-34)28-45)29-53-21-20-51-17-16-49-13-12-44)35-8-11-41(38(27-35)42(46)47)54-23-22-52-19-18-50-15-14-48-3;;;/h7-14,27-30,47H,6,15-26,31H2,1-5H3;4-11,24-27,44H,12-23,29H2,1-3H3,(H,46,47);;;1H2/q;-1;2*+1;/p-2. The van der Waals surface area contributed by atoms with Gasteiger partial charge in [0.2, 0.25) is 0 Å². The molecule has 602 valence electrons. The molecule has 0 saturated heterocycles.